The van der Waals surface area contributed by atoms with Gasteiger partial charge in [-0.3, -0.25) is 11.3 Å². The zero-order valence-corrected chi connectivity index (χ0v) is 12.9. The monoisotopic (exact) mass is 324 g/mol. The number of hydrazine groups is 1. The van der Waals surface area contributed by atoms with Crippen molar-refractivity contribution in [2.45, 2.75) is 26.3 Å². The number of thiophene rings is 1. The molecule has 0 radical (unpaired) electrons. The molecule has 2 rings (SSSR count). The van der Waals surface area contributed by atoms with Crippen molar-refractivity contribution in [1.82, 2.24) is 5.43 Å². The molecule has 96 valence electrons. The van der Waals surface area contributed by atoms with Crippen LogP contribution in [-0.4, -0.2) is 0 Å². The molecule has 18 heavy (non-hydrogen) atoms. The van der Waals surface area contributed by atoms with E-state index in [9.17, 15) is 0 Å². The van der Waals surface area contributed by atoms with Gasteiger partial charge in [-0.2, -0.15) is 0 Å². The molecule has 0 bridgehead atoms. The van der Waals surface area contributed by atoms with Crippen LogP contribution in [0.15, 0.2) is 34.1 Å². The van der Waals surface area contributed by atoms with Gasteiger partial charge in [0.1, 0.15) is 0 Å². The van der Waals surface area contributed by atoms with E-state index < -0.39 is 0 Å². The van der Waals surface area contributed by atoms with Crippen molar-refractivity contribution < 1.29 is 0 Å². The molecule has 4 heteroatoms. The van der Waals surface area contributed by atoms with Crippen LogP contribution in [0.1, 0.15) is 27.6 Å². The molecule has 1 aromatic carbocycles. The number of nitrogens with two attached hydrogens (primary N) is 1. The lowest BCUT2D eigenvalue weighted by Gasteiger charge is -2.17. The number of hydrogen-bond acceptors (Lipinski definition) is 3. The summed E-state index contributed by atoms with van der Waals surface area (Å²) in [6.45, 7) is 4.31. The SMILES string of the molecule is Cc1cccc(C)c1CC(NN)c1ccc(Br)s1. The first-order chi connectivity index (χ1) is 8.61. The Morgan fingerprint density at radius 1 is 1.22 bits per heavy atom. The molecule has 0 saturated carbocycles. The van der Waals surface area contributed by atoms with Crippen LogP contribution >= 0.6 is 27.3 Å². The molecule has 0 aliphatic rings. The highest BCUT2D eigenvalue weighted by molar-refractivity contribution is 9.11. The molecule has 1 heterocycles. The first kappa shape index (κ1) is 13.7. The smallest absolute Gasteiger partial charge is 0.0702 e. The summed E-state index contributed by atoms with van der Waals surface area (Å²) in [7, 11) is 0. The van der Waals surface area contributed by atoms with Crippen molar-refractivity contribution in [1.29, 1.82) is 0 Å². The van der Waals surface area contributed by atoms with Gasteiger partial charge < -0.3 is 0 Å². The maximum atomic E-state index is 5.70. The van der Waals surface area contributed by atoms with Gasteiger partial charge in [0.15, 0.2) is 0 Å². The van der Waals surface area contributed by atoms with Crippen LogP contribution in [0, 0.1) is 13.8 Å². The Labute approximate surface area is 120 Å². The summed E-state index contributed by atoms with van der Waals surface area (Å²) in [5, 5.41) is 0. The zero-order valence-electron chi connectivity index (χ0n) is 10.5. The van der Waals surface area contributed by atoms with E-state index in [1.807, 2.05) is 0 Å². The summed E-state index contributed by atoms with van der Waals surface area (Å²) in [5.41, 5.74) is 6.95. The second kappa shape index (κ2) is 5.97. The Bertz CT molecular complexity index is 516. The molecule has 1 atom stereocenters. The molecule has 3 N–H and O–H groups in total. The number of nitrogens with one attached hydrogen (secondary N) is 1. The molecule has 2 nitrogen and oxygen atoms in total. The van der Waals surface area contributed by atoms with Gasteiger partial charge in [0, 0.05) is 4.88 Å². The molecule has 0 saturated heterocycles. The van der Waals surface area contributed by atoms with Crippen molar-refractivity contribution in [3.8, 4) is 0 Å². The minimum atomic E-state index is 0.168. The fourth-order valence-electron chi connectivity index (χ4n) is 2.13. The minimum absolute atomic E-state index is 0.168. The van der Waals surface area contributed by atoms with Gasteiger partial charge in [-0.25, -0.2) is 0 Å². The predicted molar refractivity (Wildman–Crippen MR) is 81.7 cm³/mol. The second-order valence-electron chi connectivity index (χ2n) is 4.44. The molecule has 0 spiro atoms. The van der Waals surface area contributed by atoms with Gasteiger partial charge in [0.2, 0.25) is 0 Å². The Balaban J connectivity index is 2.26. The summed E-state index contributed by atoms with van der Waals surface area (Å²) in [6, 6.07) is 10.8. The molecule has 0 aliphatic heterocycles. The predicted octanol–water partition coefficient (Wildman–Crippen LogP) is 3.87. The number of benzene rings is 1. The Morgan fingerprint density at radius 2 is 1.89 bits per heavy atom. The molecule has 1 aromatic heterocycles. The quantitative estimate of drug-likeness (QED) is 0.661. The highest BCUT2D eigenvalue weighted by Gasteiger charge is 2.15. The molecule has 1 unspecified atom stereocenters. The van der Waals surface area contributed by atoms with E-state index in [0.29, 0.717) is 0 Å². The van der Waals surface area contributed by atoms with Gasteiger partial charge >= 0.3 is 0 Å². The first-order valence-electron chi connectivity index (χ1n) is 5.88. The van der Waals surface area contributed by atoms with E-state index in [4.69, 9.17) is 5.84 Å². The van der Waals surface area contributed by atoms with Crippen molar-refractivity contribution in [3.05, 3.63) is 55.7 Å². The van der Waals surface area contributed by atoms with E-state index in [0.717, 1.165) is 10.2 Å². The molecular formula is C14H17BrN2S. The summed E-state index contributed by atoms with van der Waals surface area (Å²) in [6.07, 6.45) is 0.919. The van der Waals surface area contributed by atoms with E-state index in [-0.39, 0.29) is 6.04 Å². The van der Waals surface area contributed by atoms with Crippen molar-refractivity contribution >= 4 is 27.3 Å². The van der Waals surface area contributed by atoms with E-state index in [1.165, 1.54) is 21.6 Å². The van der Waals surface area contributed by atoms with Crippen LogP contribution in [0.2, 0.25) is 0 Å². The van der Waals surface area contributed by atoms with Gasteiger partial charge in [0.05, 0.1) is 9.83 Å². The Morgan fingerprint density at radius 3 is 2.39 bits per heavy atom. The highest BCUT2D eigenvalue weighted by atomic mass is 79.9. The van der Waals surface area contributed by atoms with Crippen LogP contribution in [0.3, 0.4) is 0 Å². The number of aryl methyl sites for hydroxylation is 2. The van der Waals surface area contributed by atoms with Gasteiger partial charge in [-0.15, -0.1) is 11.3 Å². The topological polar surface area (TPSA) is 38.0 Å². The number of rotatable bonds is 4. The Hall–Kier alpha value is -0.680. The third-order valence-electron chi connectivity index (χ3n) is 3.19. The third-order valence-corrected chi connectivity index (χ3v) is 4.93. The highest BCUT2D eigenvalue weighted by Crippen LogP contribution is 2.30. The Kier molecular flexibility index (Phi) is 4.56. The van der Waals surface area contributed by atoms with Gasteiger partial charge in [-0.05, 0) is 65.0 Å². The van der Waals surface area contributed by atoms with Gasteiger partial charge in [-0.1, -0.05) is 18.2 Å². The first-order valence-corrected chi connectivity index (χ1v) is 7.49. The minimum Gasteiger partial charge on any atom is -0.271 e. The molecule has 0 fully saturated rings. The lowest BCUT2D eigenvalue weighted by molar-refractivity contribution is 0.558. The average Bonchev–Trinajstić information content (AvgIpc) is 2.76. The number of halogens is 1. The standard InChI is InChI=1S/C14H17BrN2S/c1-9-4-3-5-10(2)11(9)8-12(17-16)13-6-7-14(15)18-13/h3-7,12,17H,8,16H2,1-2H3. The van der Waals surface area contributed by atoms with Crippen LogP contribution < -0.4 is 11.3 Å². The summed E-state index contributed by atoms with van der Waals surface area (Å²) in [4.78, 5) is 1.26. The van der Waals surface area contributed by atoms with Crippen LogP contribution in [-0.2, 0) is 6.42 Å². The fraction of sp³-hybridized carbons (Fsp3) is 0.286. The lowest BCUT2D eigenvalue weighted by atomic mass is 9.96. The largest absolute Gasteiger partial charge is 0.271 e. The van der Waals surface area contributed by atoms with Crippen LogP contribution in [0.4, 0.5) is 0 Å². The van der Waals surface area contributed by atoms with Crippen molar-refractivity contribution in [2.75, 3.05) is 0 Å². The summed E-state index contributed by atoms with van der Waals surface area (Å²) in [5.74, 6) is 5.70. The van der Waals surface area contributed by atoms with Crippen LogP contribution in [0.5, 0.6) is 0 Å². The molecule has 0 amide bonds. The number of hydrogen-bond donors (Lipinski definition) is 2. The summed E-state index contributed by atoms with van der Waals surface area (Å²) < 4.78 is 1.14. The normalized spacial score (nSPS) is 12.7. The summed E-state index contributed by atoms with van der Waals surface area (Å²) >= 11 is 5.22. The maximum absolute atomic E-state index is 5.70. The van der Waals surface area contributed by atoms with Crippen molar-refractivity contribution in [2.24, 2.45) is 5.84 Å². The van der Waals surface area contributed by atoms with Gasteiger partial charge in [0.25, 0.3) is 0 Å². The van der Waals surface area contributed by atoms with E-state index >= 15 is 0 Å². The second-order valence-corrected chi connectivity index (χ2v) is 6.93. The lowest BCUT2D eigenvalue weighted by Crippen LogP contribution is -2.29. The maximum Gasteiger partial charge on any atom is 0.0702 e. The zero-order chi connectivity index (χ0) is 13.1. The fourth-order valence-corrected chi connectivity index (χ4v) is 3.62. The van der Waals surface area contributed by atoms with Crippen molar-refractivity contribution in [3.63, 3.8) is 0 Å². The molecule has 0 aliphatic carbocycles. The van der Waals surface area contributed by atoms with E-state index in [2.05, 4.69) is 65.5 Å². The molecular weight excluding hydrogens is 308 g/mol. The molecule has 2 aromatic rings. The van der Waals surface area contributed by atoms with Crippen LogP contribution in [0.25, 0.3) is 0 Å². The van der Waals surface area contributed by atoms with E-state index in [1.54, 1.807) is 11.3 Å². The average molecular weight is 325 g/mol. The third kappa shape index (κ3) is 3.01.